The Balaban J connectivity index is 0. The molecular weight excluding hydrogens is 202 g/mol. The summed E-state index contributed by atoms with van der Waals surface area (Å²) in [6.45, 7) is 5.34. The molecule has 0 aromatic rings. The van der Waals surface area contributed by atoms with E-state index in [1.165, 1.54) is 7.11 Å². The van der Waals surface area contributed by atoms with E-state index in [4.69, 9.17) is 6.42 Å². The number of hydrogen-bond donors (Lipinski definition) is 0. The van der Waals surface area contributed by atoms with Crippen LogP contribution in [-0.4, -0.2) is 37.1 Å². The van der Waals surface area contributed by atoms with Crippen LogP contribution in [-0.2, 0) is 9.53 Å². The molecule has 82 valence electrons. The Morgan fingerprint density at radius 2 is 2.14 bits per heavy atom. The van der Waals surface area contributed by atoms with E-state index in [1.807, 2.05) is 0 Å². The van der Waals surface area contributed by atoms with Crippen LogP contribution in [0.3, 0.4) is 0 Å². The van der Waals surface area contributed by atoms with Crippen LogP contribution in [0.2, 0.25) is 0 Å². The smallest absolute Gasteiger partial charge is 0.306 e. The number of rotatable bonds is 5. The van der Waals surface area contributed by atoms with Gasteiger partial charge in [0.1, 0.15) is 0 Å². The summed E-state index contributed by atoms with van der Waals surface area (Å²) >= 11 is 0. The highest BCUT2D eigenvalue weighted by atomic mass is 35.5. The molecule has 0 aromatic heterocycles. The molecular formula is C10H18ClNO2. The van der Waals surface area contributed by atoms with Crippen molar-refractivity contribution in [3.63, 3.8) is 0 Å². The monoisotopic (exact) mass is 219 g/mol. The van der Waals surface area contributed by atoms with Gasteiger partial charge in [-0.25, -0.2) is 0 Å². The van der Waals surface area contributed by atoms with Crippen molar-refractivity contribution in [1.82, 2.24) is 4.90 Å². The van der Waals surface area contributed by atoms with Gasteiger partial charge in [0.15, 0.2) is 0 Å². The number of hydrogen-bond acceptors (Lipinski definition) is 3. The Hall–Kier alpha value is -0.720. The van der Waals surface area contributed by atoms with Crippen molar-refractivity contribution >= 4 is 18.4 Å². The second kappa shape index (κ2) is 8.86. The van der Waals surface area contributed by atoms with E-state index >= 15 is 0 Å². The molecule has 0 fully saturated rings. The second-order valence-corrected chi connectivity index (χ2v) is 3.09. The minimum atomic E-state index is -0.192. The molecule has 0 heterocycles. The number of methoxy groups -OCH3 is 1. The number of ether oxygens (including phenoxy) is 1. The van der Waals surface area contributed by atoms with Gasteiger partial charge in [-0.15, -0.1) is 18.8 Å². The molecule has 0 amide bonds. The molecule has 14 heavy (non-hydrogen) atoms. The molecule has 0 radical (unpaired) electrons. The topological polar surface area (TPSA) is 29.5 Å². The molecule has 0 aliphatic heterocycles. The van der Waals surface area contributed by atoms with E-state index in [1.54, 1.807) is 0 Å². The van der Waals surface area contributed by atoms with Gasteiger partial charge in [0, 0.05) is 12.6 Å². The van der Waals surface area contributed by atoms with Gasteiger partial charge in [-0.05, 0) is 13.8 Å². The highest BCUT2D eigenvalue weighted by Gasteiger charge is 2.09. The van der Waals surface area contributed by atoms with Crippen LogP contribution in [0.15, 0.2) is 0 Å². The van der Waals surface area contributed by atoms with Gasteiger partial charge in [0.05, 0.1) is 20.1 Å². The molecule has 0 bridgehead atoms. The summed E-state index contributed by atoms with van der Waals surface area (Å²) in [6.07, 6.45) is 5.60. The Bertz CT molecular complexity index is 199. The molecule has 0 aliphatic carbocycles. The molecule has 0 N–H and O–H groups in total. The Labute approximate surface area is 92.2 Å². The lowest BCUT2D eigenvalue weighted by atomic mass is 10.3. The quantitative estimate of drug-likeness (QED) is 0.516. The fourth-order valence-electron chi connectivity index (χ4n) is 0.974. The second-order valence-electron chi connectivity index (χ2n) is 3.09. The average Bonchev–Trinajstić information content (AvgIpc) is 2.11. The lowest BCUT2D eigenvalue weighted by Gasteiger charge is -2.23. The molecule has 0 saturated heterocycles. The fraction of sp³-hybridized carbons (Fsp3) is 0.700. The normalized spacial score (nSPS) is 9.43. The molecule has 0 rings (SSSR count). The summed E-state index contributed by atoms with van der Waals surface area (Å²) in [7, 11) is 1.39. The molecule has 0 aliphatic rings. The number of terminal acetylenes is 1. The van der Waals surface area contributed by atoms with Crippen LogP contribution in [0.4, 0.5) is 0 Å². The van der Waals surface area contributed by atoms with E-state index in [9.17, 15) is 4.79 Å². The van der Waals surface area contributed by atoms with Gasteiger partial charge in [0.25, 0.3) is 0 Å². The lowest BCUT2D eigenvalue weighted by Crippen LogP contribution is -2.33. The third kappa shape index (κ3) is 6.76. The first kappa shape index (κ1) is 15.7. The first-order valence-corrected chi connectivity index (χ1v) is 4.36. The van der Waals surface area contributed by atoms with Crippen molar-refractivity contribution in [3.8, 4) is 12.3 Å². The average molecular weight is 220 g/mol. The molecule has 0 saturated carbocycles. The van der Waals surface area contributed by atoms with E-state index in [-0.39, 0.29) is 18.4 Å². The van der Waals surface area contributed by atoms with E-state index in [0.717, 1.165) is 0 Å². The van der Waals surface area contributed by atoms with Crippen LogP contribution < -0.4 is 0 Å². The van der Waals surface area contributed by atoms with E-state index in [2.05, 4.69) is 29.4 Å². The molecule has 3 nitrogen and oxygen atoms in total. The van der Waals surface area contributed by atoms with E-state index in [0.29, 0.717) is 25.6 Å². The van der Waals surface area contributed by atoms with Crippen LogP contribution in [0.1, 0.15) is 20.3 Å². The predicted octanol–water partition coefficient (Wildman–Crippen LogP) is 1.31. The summed E-state index contributed by atoms with van der Waals surface area (Å²) in [5.74, 6) is 2.37. The number of nitrogens with zero attached hydrogens (tertiary/aromatic N) is 1. The van der Waals surface area contributed by atoms with Gasteiger partial charge < -0.3 is 4.74 Å². The molecule has 0 aromatic carbocycles. The van der Waals surface area contributed by atoms with Crippen molar-refractivity contribution in [2.24, 2.45) is 0 Å². The SMILES string of the molecule is C#CCN(CCC(=O)OC)C(C)C.Cl. The summed E-state index contributed by atoms with van der Waals surface area (Å²) in [5.41, 5.74) is 0. The van der Waals surface area contributed by atoms with Gasteiger partial charge in [0.2, 0.25) is 0 Å². The van der Waals surface area contributed by atoms with Gasteiger partial charge >= 0.3 is 5.97 Å². The highest BCUT2D eigenvalue weighted by molar-refractivity contribution is 5.85. The van der Waals surface area contributed by atoms with Crippen molar-refractivity contribution in [1.29, 1.82) is 0 Å². The summed E-state index contributed by atoms with van der Waals surface area (Å²) in [6, 6.07) is 0.362. The van der Waals surface area contributed by atoms with Crippen molar-refractivity contribution in [3.05, 3.63) is 0 Å². The van der Waals surface area contributed by atoms with Gasteiger partial charge in [-0.2, -0.15) is 0 Å². The molecule has 0 unspecified atom stereocenters. The third-order valence-corrected chi connectivity index (χ3v) is 1.86. The first-order valence-electron chi connectivity index (χ1n) is 4.36. The highest BCUT2D eigenvalue weighted by Crippen LogP contribution is 1.99. The summed E-state index contributed by atoms with van der Waals surface area (Å²) in [4.78, 5) is 12.9. The zero-order valence-corrected chi connectivity index (χ0v) is 9.76. The molecule has 4 heteroatoms. The van der Waals surface area contributed by atoms with Crippen LogP contribution in [0.5, 0.6) is 0 Å². The van der Waals surface area contributed by atoms with Gasteiger partial charge in [-0.1, -0.05) is 5.92 Å². The fourth-order valence-corrected chi connectivity index (χ4v) is 0.974. The predicted molar refractivity (Wildman–Crippen MR) is 59.4 cm³/mol. The number of carbonyl (C=O) groups is 1. The summed E-state index contributed by atoms with van der Waals surface area (Å²) < 4.78 is 4.54. The zero-order valence-electron chi connectivity index (χ0n) is 8.95. The number of esters is 1. The van der Waals surface area contributed by atoms with Gasteiger partial charge in [-0.3, -0.25) is 9.69 Å². The Morgan fingerprint density at radius 1 is 1.57 bits per heavy atom. The van der Waals surface area contributed by atoms with Crippen molar-refractivity contribution in [2.45, 2.75) is 26.3 Å². The summed E-state index contributed by atoms with van der Waals surface area (Å²) in [5, 5.41) is 0. The molecule has 0 spiro atoms. The largest absolute Gasteiger partial charge is 0.469 e. The Kier molecular flexibility index (Phi) is 9.96. The first-order chi connectivity index (χ1) is 6.11. The van der Waals surface area contributed by atoms with Crippen molar-refractivity contribution < 1.29 is 9.53 Å². The van der Waals surface area contributed by atoms with Crippen LogP contribution in [0, 0.1) is 12.3 Å². The van der Waals surface area contributed by atoms with E-state index < -0.39 is 0 Å². The maximum Gasteiger partial charge on any atom is 0.306 e. The zero-order chi connectivity index (χ0) is 10.3. The minimum absolute atomic E-state index is 0. The maximum absolute atomic E-state index is 10.8. The third-order valence-electron chi connectivity index (χ3n) is 1.86. The van der Waals surface area contributed by atoms with Crippen molar-refractivity contribution in [2.75, 3.05) is 20.2 Å². The Morgan fingerprint density at radius 3 is 2.50 bits per heavy atom. The lowest BCUT2D eigenvalue weighted by molar-refractivity contribution is -0.141. The number of carbonyl (C=O) groups excluding carboxylic acids is 1. The number of halogens is 1. The standard InChI is InChI=1S/C10H17NO2.ClH/c1-5-7-11(9(2)3)8-6-10(12)13-4;/h1,9H,6-8H2,2-4H3;1H. The minimum Gasteiger partial charge on any atom is -0.469 e. The van der Waals surface area contributed by atoms with Crippen LogP contribution >= 0.6 is 12.4 Å². The van der Waals surface area contributed by atoms with Crippen LogP contribution in [0.25, 0.3) is 0 Å². The maximum atomic E-state index is 10.8. The molecule has 0 atom stereocenters.